The van der Waals surface area contributed by atoms with Crippen LogP contribution in [-0.4, -0.2) is 20.2 Å². The molecule has 0 saturated heterocycles. The number of aromatic nitrogens is 4. The van der Waals surface area contributed by atoms with Crippen LogP contribution in [0, 0.1) is 0 Å². The third-order valence-corrected chi connectivity index (χ3v) is 3.53. The van der Waals surface area contributed by atoms with Crippen molar-refractivity contribution >= 4 is 17.3 Å². The maximum Gasteiger partial charge on any atom is 0.183 e. The molecule has 3 rings (SSSR count). The second-order valence-electron chi connectivity index (χ2n) is 4.70. The van der Waals surface area contributed by atoms with E-state index in [1.807, 2.05) is 24.3 Å². The molecule has 0 unspecified atom stereocenters. The van der Waals surface area contributed by atoms with E-state index in [9.17, 15) is 0 Å². The number of anilines is 1. The van der Waals surface area contributed by atoms with Crippen LogP contribution in [0.4, 0.5) is 5.69 Å². The first kappa shape index (κ1) is 13.6. The fourth-order valence-corrected chi connectivity index (χ4v) is 2.41. The molecule has 0 aliphatic rings. The molecule has 0 saturated carbocycles. The van der Waals surface area contributed by atoms with E-state index in [0.29, 0.717) is 23.1 Å². The standard InChI is InChI=1S/C15H14ClN5/c16-14-10-12(17)6-7-13(14)15-18-19-20-21(15)9-8-11-4-2-1-3-5-11/h1-7,10H,8-9,17H2. The van der Waals surface area contributed by atoms with Gasteiger partial charge in [-0.1, -0.05) is 41.9 Å². The van der Waals surface area contributed by atoms with Gasteiger partial charge in [-0.15, -0.1) is 5.10 Å². The van der Waals surface area contributed by atoms with Gasteiger partial charge >= 0.3 is 0 Å². The van der Waals surface area contributed by atoms with Gasteiger partial charge in [0.25, 0.3) is 0 Å². The van der Waals surface area contributed by atoms with Crippen LogP contribution >= 0.6 is 11.6 Å². The molecule has 0 radical (unpaired) electrons. The molecular weight excluding hydrogens is 286 g/mol. The first-order chi connectivity index (χ1) is 10.2. The zero-order valence-electron chi connectivity index (χ0n) is 11.3. The summed E-state index contributed by atoms with van der Waals surface area (Å²) in [5.74, 6) is 0.649. The van der Waals surface area contributed by atoms with Crippen LogP contribution in [-0.2, 0) is 13.0 Å². The molecule has 0 atom stereocenters. The topological polar surface area (TPSA) is 69.6 Å². The molecule has 1 heterocycles. The summed E-state index contributed by atoms with van der Waals surface area (Å²) in [4.78, 5) is 0. The lowest BCUT2D eigenvalue weighted by Gasteiger charge is -2.07. The highest BCUT2D eigenvalue weighted by atomic mass is 35.5. The van der Waals surface area contributed by atoms with E-state index in [0.717, 1.165) is 12.0 Å². The normalized spacial score (nSPS) is 10.7. The first-order valence-corrected chi connectivity index (χ1v) is 6.97. The maximum atomic E-state index is 6.22. The minimum absolute atomic E-state index is 0.547. The molecule has 0 aliphatic carbocycles. The number of nitrogens with zero attached hydrogens (tertiary/aromatic N) is 4. The fourth-order valence-electron chi connectivity index (χ4n) is 2.14. The number of halogens is 1. The molecule has 0 aliphatic heterocycles. The zero-order valence-corrected chi connectivity index (χ0v) is 12.0. The molecule has 106 valence electrons. The van der Waals surface area contributed by atoms with Gasteiger partial charge in [-0.25, -0.2) is 4.68 Å². The summed E-state index contributed by atoms with van der Waals surface area (Å²) in [5, 5.41) is 12.4. The Morgan fingerprint density at radius 3 is 2.67 bits per heavy atom. The molecule has 2 N–H and O–H groups in total. The number of nitrogens with two attached hydrogens (primary N) is 1. The quantitative estimate of drug-likeness (QED) is 0.752. The molecule has 0 amide bonds. The minimum Gasteiger partial charge on any atom is -0.399 e. The van der Waals surface area contributed by atoms with Crippen LogP contribution in [0.1, 0.15) is 5.56 Å². The summed E-state index contributed by atoms with van der Waals surface area (Å²) >= 11 is 6.22. The molecule has 0 spiro atoms. The minimum atomic E-state index is 0.547. The second-order valence-corrected chi connectivity index (χ2v) is 5.11. The van der Waals surface area contributed by atoms with Crippen molar-refractivity contribution in [3.8, 4) is 11.4 Å². The average Bonchev–Trinajstić information content (AvgIpc) is 2.94. The monoisotopic (exact) mass is 299 g/mol. The molecule has 1 aromatic heterocycles. The Labute approximate surface area is 127 Å². The lowest BCUT2D eigenvalue weighted by atomic mass is 10.1. The SMILES string of the molecule is Nc1ccc(-c2nnnn2CCc2ccccc2)c(Cl)c1. The number of tetrazole rings is 1. The Morgan fingerprint density at radius 1 is 1.10 bits per heavy atom. The highest BCUT2D eigenvalue weighted by Crippen LogP contribution is 2.27. The molecule has 5 nitrogen and oxygen atoms in total. The van der Waals surface area contributed by atoms with E-state index >= 15 is 0 Å². The maximum absolute atomic E-state index is 6.22. The summed E-state index contributed by atoms with van der Waals surface area (Å²) < 4.78 is 1.75. The summed E-state index contributed by atoms with van der Waals surface area (Å²) in [5.41, 5.74) is 8.35. The van der Waals surface area contributed by atoms with Crippen LogP contribution in [0.5, 0.6) is 0 Å². The number of hydrogen-bond donors (Lipinski definition) is 1. The Balaban J connectivity index is 1.84. The van der Waals surface area contributed by atoms with E-state index in [1.54, 1.807) is 16.8 Å². The molecule has 3 aromatic rings. The van der Waals surface area contributed by atoms with Gasteiger partial charge in [0.1, 0.15) is 0 Å². The third-order valence-electron chi connectivity index (χ3n) is 3.22. The summed E-state index contributed by atoms with van der Waals surface area (Å²) in [7, 11) is 0. The molecule has 6 heteroatoms. The second kappa shape index (κ2) is 5.93. The number of nitrogen functional groups attached to an aromatic ring is 1. The third kappa shape index (κ3) is 3.03. The van der Waals surface area contributed by atoms with Gasteiger partial charge in [0.2, 0.25) is 0 Å². The van der Waals surface area contributed by atoms with Crippen LogP contribution in [0.2, 0.25) is 5.02 Å². The van der Waals surface area contributed by atoms with Crippen molar-refractivity contribution in [3.63, 3.8) is 0 Å². The van der Waals surface area contributed by atoms with Crippen molar-refractivity contribution < 1.29 is 0 Å². The Morgan fingerprint density at radius 2 is 1.90 bits per heavy atom. The van der Waals surface area contributed by atoms with Gasteiger partial charge in [-0.05, 0) is 40.6 Å². The fraction of sp³-hybridized carbons (Fsp3) is 0.133. The van der Waals surface area contributed by atoms with Crippen molar-refractivity contribution in [2.45, 2.75) is 13.0 Å². The Hall–Kier alpha value is -2.40. The number of benzene rings is 2. The van der Waals surface area contributed by atoms with E-state index in [1.165, 1.54) is 5.56 Å². The van der Waals surface area contributed by atoms with Crippen LogP contribution in [0.25, 0.3) is 11.4 Å². The number of aryl methyl sites for hydroxylation is 2. The highest BCUT2D eigenvalue weighted by Gasteiger charge is 2.12. The van der Waals surface area contributed by atoms with Crippen molar-refractivity contribution in [2.75, 3.05) is 5.73 Å². The van der Waals surface area contributed by atoms with E-state index < -0.39 is 0 Å². The number of hydrogen-bond acceptors (Lipinski definition) is 4. The van der Waals surface area contributed by atoms with Crippen molar-refractivity contribution in [2.24, 2.45) is 0 Å². The lowest BCUT2D eigenvalue weighted by Crippen LogP contribution is -2.06. The Kier molecular flexibility index (Phi) is 3.83. The van der Waals surface area contributed by atoms with Crippen molar-refractivity contribution in [1.29, 1.82) is 0 Å². The van der Waals surface area contributed by atoms with Gasteiger partial charge in [0.15, 0.2) is 5.82 Å². The largest absolute Gasteiger partial charge is 0.399 e. The molecule has 2 aromatic carbocycles. The van der Waals surface area contributed by atoms with Gasteiger partial charge in [-0.3, -0.25) is 0 Å². The average molecular weight is 300 g/mol. The van der Waals surface area contributed by atoms with E-state index in [-0.39, 0.29) is 0 Å². The Bertz CT molecular complexity index is 739. The molecule has 21 heavy (non-hydrogen) atoms. The van der Waals surface area contributed by atoms with Crippen LogP contribution in [0.15, 0.2) is 48.5 Å². The van der Waals surface area contributed by atoms with Gasteiger partial charge in [-0.2, -0.15) is 0 Å². The summed E-state index contributed by atoms with van der Waals surface area (Å²) in [6.07, 6.45) is 0.853. The summed E-state index contributed by atoms with van der Waals surface area (Å²) in [6, 6.07) is 15.5. The first-order valence-electron chi connectivity index (χ1n) is 6.59. The van der Waals surface area contributed by atoms with Gasteiger partial charge in [0.05, 0.1) is 5.02 Å². The van der Waals surface area contributed by atoms with Crippen molar-refractivity contribution in [1.82, 2.24) is 20.2 Å². The predicted molar refractivity (Wildman–Crippen MR) is 82.8 cm³/mol. The van der Waals surface area contributed by atoms with Crippen LogP contribution < -0.4 is 5.73 Å². The van der Waals surface area contributed by atoms with Crippen LogP contribution in [0.3, 0.4) is 0 Å². The van der Waals surface area contributed by atoms with E-state index in [2.05, 4.69) is 27.7 Å². The summed E-state index contributed by atoms with van der Waals surface area (Å²) in [6.45, 7) is 0.688. The lowest BCUT2D eigenvalue weighted by molar-refractivity contribution is 0.594. The zero-order chi connectivity index (χ0) is 14.7. The van der Waals surface area contributed by atoms with Crippen molar-refractivity contribution in [3.05, 3.63) is 59.1 Å². The molecule has 0 bridgehead atoms. The smallest absolute Gasteiger partial charge is 0.183 e. The van der Waals surface area contributed by atoms with Gasteiger partial charge < -0.3 is 5.73 Å². The van der Waals surface area contributed by atoms with Gasteiger partial charge in [0, 0.05) is 17.8 Å². The highest BCUT2D eigenvalue weighted by molar-refractivity contribution is 6.33. The van der Waals surface area contributed by atoms with E-state index in [4.69, 9.17) is 17.3 Å². The molecule has 0 fully saturated rings. The predicted octanol–water partition coefficient (Wildman–Crippen LogP) is 2.82. The molecular formula is C15H14ClN5. The number of rotatable bonds is 4.